The summed E-state index contributed by atoms with van der Waals surface area (Å²) in [4.78, 5) is 10.7. The van der Waals surface area contributed by atoms with E-state index < -0.39 is 0 Å². The van der Waals surface area contributed by atoms with E-state index in [1.165, 1.54) is 0 Å². The molecule has 74 valence electrons. The molecule has 0 aromatic rings. The van der Waals surface area contributed by atoms with Crippen molar-refractivity contribution in [2.45, 2.75) is 51.6 Å². The maximum atomic E-state index is 10.7. The van der Waals surface area contributed by atoms with Gasteiger partial charge in [-0.3, -0.25) is 5.84 Å². The van der Waals surface area contributed by atoms with E-state index in [1.54, 1.807) is 5.01 Å². The van der Waals surface area contributed by atoms with Crippen LogP contribution in [0.25, 0.3) is 0 Å². The van der Waals surface area contributed by atoms with Crippen LogP contribution in [-0.4, -0.2) is 22.0 Å². The molecule has 1 fully saturated rings. The third-order valence-electron chi connectivity index (χ3n) is 3.10. The van der Waals surface area contributed by atoms with E-state index >= 15 is 0 Å². The van der Waals surface area contributed by atoms with Gasteiger partial charge >= 0.3 is 0 Å². The number of carbonyl (C=O) groups excluding carboxylic acids is 1. The highest BCUT2D eigenvalue weighted by Gasteiger charge is 2.43. The van der Waals surface area contributed by atoms with Crippen molar-refractivity contribution in [3.8, 4) is 0 Å². The summed E-state index contributed by atoms with van der Waals surface area (Å²) in [6.45, 7) is 8.12. The van der Waals surface area contributed by atoms with Crippen LogP contribution in [0.5, 0.6) is 0 Å². The minimum absolute atomic E-state index is 0.0378. The zero-order valence-electron chi connectivity index (χ0n) is 8.85. The summed E-state index contributed by atoms with van der Waals surface area (Å²) in [5.74, 6) is 8.00. The second kappa shape index (κ2) is 2.95. The van der Waals surface area contributed by atoms with Gasteiger partial charge in [0.1, 0.15) is 5.94 Å². The molecule has 1 rings (SSSR count). The third-order valence-corrected chi connectivity index (χ3v) is 3.10. The number of nitrogens with two attached hydrogens (primary N) is 1. The van der Waals surface area contributed by atoms with Crippen LogP contribution >= 0.6 is 0 Å². The van der Waals surface area contributed by atoms with Gasteiger partial charge in [0.2, 0.25) is 0 Å². The molecule has 0 aromatic heterocycles. The molecule has 1 heterocycles. The maximum absolute atomic E-state index is 10.7. The standard InChI is InChI=1S/C10H18N2O/c1-9(2)6-5-8(7-13)10(3,4)12(9)11/h5-6,11H2,1-4H3. The van der Waals surface area contributed by atoms with Crippen LogP contribution in [-0.2, 0) is 4.79 Å². The highest BCUT2D eigenvalue weighted by molar-refractivity contribution is 5.57. The first-order valence-corrected chi connectivity index (χ1v) is 4.62. The van der Waals surface area contributed by atoms with E-state index in [0.29, 0.717) is 0 Å². The number of hydrogen-bond acceptors (Lipinski definition) is 3. The molecular weight excluding hydrogens is 164 g/mol. The van der Waals surface area contributed by atoms with Crippen LogP contribution in [0.15, 0.2) is 5.57 Å². The van der Waals surface area contributed by atoms with Gasteiger partial charge in [0, 0.05) is 11.1 Å². The van der Waals surface area contributed by atoms with E-state index in [-0.39, 0.29) is 11.1 Å². The number of hydrogen-bond donors (Lipinski definition) is 1. The van der Waals surface area contributed by atoms with Gasteiger partial charge in [-0.2, -0.15) is 0 Å². The quantitative estimate of drug-likeness (QED) is 0.453. The first kappa shape index (κ1) is 10.5. The summed E-state index contributed by atoms with van der Waals surface area (Å²) in [6, 6.07) is 0. The Balaban J connectivity index is 3.06. The summed E-state index contributed by atoms with van der Waals surface area (Å²) in [7, 11) is 0. The first-order valence-electron chi connectivity index (χ1n) is 4.62. The Morgan fingerprint density at radius 1 is 1.38 bits per heavy atom. The summed E-state index contributed by atoms with van der Waals surface area (Å²) in [5, 5.41) is 1.77. The van der Waals surface area contributed by atoms with Crippen molar-refractivity contribution < 1.29 is 4.79 Å². The lowest BCUT2D eigenvalue weighted by Crippen LogP contribution is -2.63. The fraction of sp³-hybridized carbons (Fsp3) is 0.800. The lowest BCUT2D eigenvalue weighted by molar-refractivity contribution is 0.00736. The molecule has 0 bridgehead atoms. The molecule has 0 aliphatic carbocycles. The van der Waals surface area contributed by atoms with Crippen LogP contribution in [0.1, 0.15) is 40.5 Å². The Hall–Kier alpha value is -0.630. The molecule has 0 spiro atoms. The lowest BCUT2D eigenvalue weighted by Gasteiger charge is -2.50. The van der Waals surface area contributed by atoms with E-state index in [2.05, 4.69) is 13.8 Å². The molecule has 1 aliphatic heterocycles. The smallest absolute Gasteiger partial charge is 0.125 e. The molecule has 3 nitrogen and oxygen atoms in total. The van der Waals surface area contributed by atoms with E-state index in [1.807, 2.05) is 19.8 Å². The summed E-state index contributed by atoms with van der Waals surface area (Å²) >= 11 is 0. The molecule has 0 radical (unpaired) electrons. The van der Waals surface area contributed by atoms with Crippen LogP contribution in [0.2, 0.25) is 0 Å². The number of hydrazine groups is 1. The van der Waals surface area contributed by atoms with E-state index in [4.69, 9.17) is 5.84 Å². The number of rotatable bonds is 0. The minimum Gasteiger partial charge on any atom is -0.267 e. The fourth-order valence-electron chi connectivity index (χ4n) is 1.94. The molecule has 0 unspecified atom stereocenters. The van der Waals surface area contributed by atoms with Gasteiger partial charge in [0.15, 0.2) is 0 Å². The number of nitrogens with zero attached hydrogens (tertiary/aromatic N) is 1. The van der Waals surface area contributed by atoms with Gasteiger partial charge in [-0.25, -0.2) is 9.80 Å². The van der Waals surface area contributed by atoms with Crippen LogP contribution in [0, 0.1) is 0 Å². The van der Waals surface area contributed by atoms with Crippen molar-refractivity contribution in [2.75, 3.05) is 0 Å². The second-order valence-electron chi connectivity index (χ2n) is 4.82. The monoisotopic (exact) mass is 182 g/mol. The molecule has 1 aliphatic rings. The van der Waals surface area contributed by atoms with Crippen molar-refractivity contribution in [1.29, 1.82) is 0 Å². The molecule has 3 heteroatoms. The predicted molar refractivity (Wildman–Crippen MR) is 52.6 cm³/mol. The highest BCUT2D eigenvalue weighted by Crippen LogP contribution is 2.37. The summed E-state index contributed by atoms with van der Waals surface area (Å²) < 4.78 is 0. The average molecular weight is 182 g/mol. The molecule has 0 aromatic carbocycles. The van der Waals surface area contributed by atoms with Gasteiger partial charge in [-0.1, -0.05) is 0 Å². The van der Waals surface area contributed by atoms with Crippen molar-refractivity contribution in [1.82, 2.24) is 5.01 Å². The topological polar surface area (TPSA) is 46.3 Å². The van der Waals surface area contributed by atoms with E-state index in [9.17, 15) is 4.79 Å². The molecule has 13 heavy (non-hydrogen) atoms. The first-order chi connectivity index (χ1) is 5.82. The van der Waals surface area contributed by atoms with Gasteiger partial charge in [-0.15, -0.1) is 0 Å². The van der Waals surface area contributed by atoms with Crippen molar-refractivity contribution in [2.24, 2.45) is 5.84 Å². The Morgan fingerprint density at radius 3 is 2.38 bits per heavy atom. The normalized spacial score (nSPS) is 27.0. The molecule has 2 N–H and O–H groups in total. The van der Waals surface area contributed by atoms with Crippen molar-refractivity contribution >= 4 is 5.94 Å². The minimum atomic E-state index is -0.358. The maximum Gasteiger partial charge on any atom is 0.125 e. The second-order valence-corrected chi connectivity index (χ2v) is 4.82. The Bertz CT molecular complexity index is 262. The highest BCUT2D eigenvalue weighted by atomic mass is 16.1. The van der Waals surface area contributed by atoms with Gasteiger partial charge in [0.25, 0.3) is 0 Å². The molecule has 0 amide bonds. The number of piperidine rings is 1. The van der Waals surface area contributed by atoms with Gasteiger partial charge < -0.3 is 0 Å². The van der Waals surface area contributed by atoms with Gasteiger partial charge in [0.05, 0.1) is 5.54 Å². The molecule has 0 atom stereocenters. The van der Waals surface area contributed by atoms with Gasteiger partial charge in [-0.05, 0) is 40.5 Å². The largest absolute Gasteiger partial charge is 0.267 e. The van der Waals surface area contributed by atoms with E-state index in [0.717, 1.165) is 18.4 Å². The summed E-state index contributed by atoms with van der Waals surface area (Å²) in [6.07, 6.45) is 1.72. The molecule has 1 saturated heterocycles. The average Bonchev–Trinajstić information content (AvgIpc) is 2.01. The predicted octanol–water partition coefficient (Wildman–Crippen LogP) is 1.27. The van der Waals surface area contributed by atoms with Crippen LogP contribution in [0.4, 0.5) is 0 Å². The van der Waals surface area contributed by atoms with Crippen LogP contribution < -0.4 is 5.84 Å². The summed E-state index contributed by atoms with van der Waals surface area (Å²) in [5.41, 5.74) is 0.377. The molecular formula is C10H18N2O. The SMILES string of the molecule is CC1(C)CCC(=C=O)C(C)(C)N1N. The van der Waals surface area contributed by atoms with Crippen LogP contribution in [0.3, 0.4) is 0 Å². The third kappa shape index (κ3) is 1.55. The Kier molecular flexibility index (Phi) is 2.37. The van der Waals surface area contributed by atoms with Crippen molar-refractivity contribution in [3.63, 3.8) is 0 Å². The fourth-order valence-corrected chi connectivity index (χ4v) is 1.94. The zero-order chi connectivity index (χ0) is 10.3. The lowest BCUT2D eigenvalue weighted by atomic mass is 9.78. The Morgan fingerprint density at radius 2 is 1.92 bits per heavy atom. The zero-order valence-corrected chi connectivity index (χ0v) is 8.85. The van der Waals surface area contributed by atoms with Crippen molar-refractivity contribution in [3.05, 3.63) is 5.57 Å². The molecule has 0 saturated carbocycles. The Labute approximate surface area is 79.6 Å².